The molecule has 0 aromatic heterocycles. The molecular formula is C18H19N3O4. The lowest BCUT2D eigenvalue weighted by atomic mass is 10.1. The van der Waals surface area contributed by atoms with Crippen molar-refractivity contribution in [2.75, 3.05) is 12.4 Å². The molecule has 130 valence electrons. The maximum Gasteiger partial charge on any atom is 0.329 e. The topological polar surface area (TPSA) is 100 Å². The van der Waals surface area contributed by atoms with Gasteiger partial charge in [0.2, 0.25) is 0 Å². The standard InChI is InChI=1S/C18H19N3O4/c1-11-4-6-14(12(2)8-11)20-17(23)18(24)21-19-10-13-5-7-15(22)16(9-13)25-3/h4-10,22H,1-3H3,(H,20,23)(H,21,24)/b19-10+. The molecule has 0 saturated heterocycles. The number of nitrogens with one attached hydrogen (secondary N) is 2. The molecule has 0 radical (unpaired) electrons. The van der Waals surface area contributed by atoms with Crippen LogP contribution >= 0.6 is 0 Å². The molecule has 2 aromatic carbocycles. The first-order valence-electron chi connectivity index (χ1n) is 7.49. The second kappa shape index (κ2) is 7.96. The van der Waals surface area contributed by atoms with Gasteiger partial charge in [0.25, 0.3) is 0 Å². The Labute approximate surface area is 145 Å². The predicted octanol–water partition coefficient (Wildman–Crippen LogP) is 2.11. The van der Waals surface area contributed by atoms with Crippen LogP contribution in [0.5, 0.6) is 11.5 Å². The normalized spacial score (nSPS) is 10.5. The molecule has 0 bridgehead atoms. The number of hydrazone groups is 1. The second-order valence-corrected chi connectivity index (χ2v) is 5.40. The lowest BCUT2D eigenvalue weighted by Gasteiger charge is -2.08. The first kappa shape index (κ1) is 18.0. The smallest absolute Gasteiger partial charge is 0.329 e. The van der Waals surface area contributed by atoms with Crippen LogP contribution in [0.15, 0.2) is 41.5 Å². The van der Waals surface area contributed by atoms with Crippen molar-refractivity contribution in [3.05, 3.63) is 53.1 Å². The molecule has 7 heteroatoms. The maximum atomic E-state index is 11.9. The zero-order valence-corrected chi connectivity index (χ0v) is 14.2. The fraction of sp³-hybridized carbons (Fsp3) is 0.167. The van der Waals surface area contributed by atoms with Crippen molar-refractivity contribution in [3.8, 4) is 11.5 Å². The summed E-state index contributed by atoms with van der Waals surface area (Å²) in [5, 5.41) is 15.8. The number of benzene rings is 2. The summed E-state index contributed by atoms with van der Waals surface area (Å²) < 4.78 is 4.97. The van der Waals surface area contributed by atoms with E-state index in [1.54, 1.807) is 18.2 Å². The summed E-state index contributed by atoms with van der Waals surface area (Å²) in [5.41, 5.74) is 5.23. The molecule has 2 rings (SSSR count). The van der Waals surface area contributed by atoms with Gasteiger partial charge in [0.05, 0.1) is 13.3 Å². The van der Waals surface area contributed by atoms with Crippen molar-refractivity contribution >= 4 is 23.7 Å². The minimum atomic E-state index is -0.887. The van der Waals surface area contributed by atoms with Crippen LogP contribution in [-0.2, 0) is 9.59 Å². The number of ether oxygens (including phenoxy) is 1. The summed E-state index contributed by atoms with van der Waals surface area (Å²) in [6.45, 7) is 3.79. The van der Waals surface area contributed by atoms with Crippen molar-refractivity contribution in [2.24, 2.45) is 5.10 Å². The van der Waals surface area contributed by atoms with Gasteiger partial charge < -0.3 is 15.2 Å². The number of hydrogen-bond donors (Lipinski definition) is 3. The number of phenolic OH excluding ortho intramolecular Hbond substituents is 1. The lowest BCUT2D eigenvalue weighted by molar-refractivity contribution is -0.136. The van der Waals surface area contributed by atoms with Gasteiger partial charge in [-0.15, -0.1) is 0 Å². The number of amides is 2. The molecule has 0 aliphatic rings. The third kappa shape index (κ3) is 4.81. The summed E-state index contributed by atoms with van der Waals surface area (Å²) in [6.07, 6.45) is 1.34. The van der Waals surface area contributed by atoms with Crippen LogP contribution < -0.4 is 15.5 Å². The van der Waals surface area contributed by atoms with Gasteiger partial charge in [0, 0.05) is 5.69 Å². The highest BCUT2D eigenvalue weighted by atomic mass is 16.5. The molecule has 0 spiro atoms. The number of nitrogens with zero attached hydrogens (tertiary/aromatic N) is 1. The zero-order chi connectivity index (χ0) is 18.4. The fourth-order valence-electron chi connectivity index (χ4n) is 2.12. The van der Waals surface area contributed by atoms with Crippen molar-refractivity contribution in [1.29, 1.82) is 0 Å². The fourth-order valence-corrected chi connectivity index (χ4v) is 2.12. The number of hydrogen-bond acceptors (Lipinski definition) is 5. The van der Waals surface area contributed by atoms with Crippen molar-refractivity contribution in [1.82, 2.24) is 5.43 Å². The Hall–Kier alpha value is -3.35. The van der Waals surface area contributed by atoms with Gasteiger partial charge in [-0.3, -0.25) is 9.59 Å². The quantitative estimate of drug-likeness (QED) is 0.450. The van der Waals surface area contributed by atoms with Crippen LogP contribution in [0.1, 0.15) is 16.7 Å². The van der Waals surface area contributed by atoms with Crippen LogP contribution in [-0.4, -0.2) is 30.2 Å². The van der Waals surface area contributed by atoms with Crippen LogP contribution in [0.3, 0.4) is 0 Å². The van der Waals surface area contributed by atoms with Crippen molar-refractivity contribution in [3.63, 3.8) is 0 Å². The summed E-state index contributed by atoms with van der Waals surface area (Å²) >= 11 is 0. The average Bonchev–Trinajstić information content (AvgIpc) is 2.58. The first-order chi connectivity index (χ1) is 11.9. The van der Waals surface area contributed by atoms with E-state index in [2.05, 4.69) is 15.8 Å². The predicted molar refractivity (Wildman–Crippen MR) is 94.9 cm³/mol. The van der Waals surface area contributed by atoms with E-state index in [1.165, 1.54) is 19.4 Å². The summed E-state index contributed by atoms with van der Waals surface area (Å²) in [4.78, 5) is 23.7. The minimum absolute atomic E-state index is 0.00321. The van der Waals surface area contributed by atoms with Gasteiger partial charge in [-0.1, -0.05) is 17.7 Å². The molecule has 7 nitrogen and oxygen atoms in total. The number of carbonyl (C=O) groups excluding carboxylic acids is 2. The van der Waals surface area contributed by atoms with Crippen LogP contribution in [0.4, 0.5) is 5.69 Å². The van der Waals surface area contributed by atoms with E-state index in [0.29, 0.717) is 11.3 Å². The van der Waals surface area contributed by atoms with Crippen molar-refractivity contribution < 1.29 is 19.4 Å². The van der Waals surface area contributed by atoms with Gasteiger partial charge in [-0.25, -0.2) is 5.43 Å². The highest BCUT2D eigenvalue weighted by molar-refractivity contribution is 6.39. The Kier molecular flexibility index (Phi) is 5.73. The first-order valence-corrected chi connectivity index (χ1v) is 7.49. The minimum Gasteiger partial charge on any atom is -0.504 e. The lowest BCUT2D eigenvalue weighted by Crippen LogP contribution is -2.32. The van der Waals surface area contributed by atoms with Crippen LogP contribution in [0.25, 0.3) is 0 Å². The molecular weight excluding hydrogens is 322 g/mol. The number of carbonyl (C=O) groups is 2. The molecule has 0 aliphatic heterocycles. The zero-order valence-electron chi connectivity index (χ0n) is 14.2. The summed E-state index contributed by atoms with van der Waals surface area (Å²) in [7, 11) is 1.43. The molecule has 0 saturated carbocycles. The van der Waals surface area contributed by atoms with E-state index in [1.807, 2.05) is 26.0 Å². The van der Waals surface area contributed by atoms with E-state index < -0.39 is 11.8 Å². The molecule has 2 aromatic rings. The second-order valence-electron chi connectivity index (χ2n) is 5.40. The Bertz CT molecular complexity index is 831. The van der Waals surface area contributed by atoms with Gasteiger partial charge in [-0.2, -0.15) is 5.10 Å². The molecule has 2 amide bonds. The van der Waals surface area contributed by atoms with Gasteiger partial charge in [0.15, 0.2) is 11.5 Å². The third-order valence-corrected chi connectivity index (χ3v) is 3.42. The van der Waals surface area contributed by atoms with Gasteiger partial charge in [0.1, 0.15) is 0 Å². The average molecular weight is 341 g/mol. The third-order valence-electron chi connectivity index (χ3n) is 3.42. The van der Waals surface area contributed by atoms with Gasteiger partial charge >= 0.3 is 11.8 Å². The molecule has 0 aliphatic carbocycles. The highest BCUT2D eigenvalue weighted by Gasteiger charge is 2.13. The molecule has 3 N–H and O–H groups in total. The molecule has 0 heterocycles. The van der Waals surface area contributed by atoms with E-state index in [-0.39, 0.29) is 11.5 Å². The number of anilines is 1. The molecule has 25 heavy (non-hydrogen) atoms. The largest absolute Gasteiger partial charge is 0.504 e. The maximum absolute atomic E-state index is 11.9. The van der Waals surface area contributed by atoms with Crippen LogP contribution in [0, 0.1) is 13.8 Å². The number of aryl methyl sites for hydroxylation is 2. The van der Waals surface area contributed by atoms with Gasteiger partial charge in [-0.05, 0) is 49.2 Å². The molecule has 0 unspecified atom stereocenters. The molecule has 0 atom stereocenters. The Morgan fingerprint density at radius 1 is 1.12 bits per heavy atom. The Balaban J connectivity index is 1.96. The monoisotopic (exact) mass is 341 g/mol. The number of methoxy groups -OCH3 is 1. The van der Waals surface area contributed by atoms with E-state index in [4.69, 9.17) is 4.74 Å². The van der Waals surface area contributed by atoms with E-state index in [0.717, 1.165) is 11.1 Å². The van der Waals surface area contributed by atoms with Crippen molar-refractivity contribution in [2.45, 2.75) is 13.8 Å². The van der Waals surface area contributed by atoms with Crippen LogP contribution in [0.2, 0.25) is 0 Å². The Morgan fingerprint density at radius 3 is 2.56 bits per heavy atom. The number of aromatic hydroxyl groups is 1. The summed E-state index contributed by atoms with van der Waals surface area (Å²) in [6, 6.07) is 10.1. The van der Waals surface area contributed by atoms with E-state index >= 15 is 0 Å². The SMILES string of the molecule is COc1cc(/C=N/NC(=O)C(=O)Nc2ccc(C)cc2C)ccc1O. The summed E-state index contributed by atoms with van der Waals surface area (Å²) in [5.74, 6) is -1.42. The Morgan fingerprint density at radius 2 is 1.88 bits per heavy atom. The number of rotatable bonds is 4. The molecule has 0 fully saturated rings. The highest BCUT2D eigenvalue weighted by Crippen LogP contribution is 2.25. The van der Waals surface area contributed by atoms with E-state index in [9.17, 15) is 14.7 Å². The number of phenols is 1.